The molecule has 6 heteroatoms. The molecule has 1 saturated heterocycles. The van der Waals surface area contributed by atoms with Crippen molar-refractivity contribution in [1.29, 1.82) is 0 Å². The molecular formula is C15H22N4O2. The first-order valence-electron chi connectivity index (χ1n) is 7.66. The minimum atomic E-state index is 0.333. The van der Waals surface area contributed by atoms with E-state index in [1.54, 1.807) is 0 Å². The third kappa shape index (κ3) is 3.91. The summed E-state index contributed by atoms with van der Waals surface area (Å²) in [7, 11) is 0. The molecule has 1 saturated carbocycles. The zero-order chi connectivity index (χ0) is 14.7. The average molecular weight is 290 g/mol. The molecule has 2 aliphatic rings. The first-order chi connectivity index (χ1) is 10.2. The molecule has 0 radical (unpaired) electrons. The summed E-state index contributed by atoms with van der Waals surface area (Å²) in [6, 6.07) is 3.74. The number of carbonyl (C=O) groups is 1. The second kappa shape index (κ2) is 6.39. The van der Waals surface area contributed by atoms with Crippen molar-refractivity contribution in [3.8, 4) is 5.88 Å². The molecule has 0 spiro atoms. The van der Waals surface area contributed by atoms with Crippen LogP contribution in [0.2, 0.25) is 0 Å². The number of nitrogens with zero attached hydrogens (tertiary/aromatic N) is 4. The lowest BCUT2D eigenvalue weighted by Gasteiger charge is -2.34. The predicted octanol–water partition coefficient (Wildman–Crippen LogP) is 0.718. The third-order valence-electron chi connectivity index (χ3n) is 4.04. The van der Waals surface area contributed by atoms with Crippen LogP contribution in [-0.4, -0.2) is 65.2 Å². The maximum Gasteiger partial charge on any atom is 0.233 e. The highest BCUT2D eigenvalue weighted by atomic mass is 16.5. The summed E-state index contributed by atoms with van der Waals surface area (Å²) < 4.78 is 5.59. The van der Waals surface area contributed by atoms with Crippen molar-refractivity contribution in [3.05, 3.63) is 17.8 Å². The Morgan fingerprint density at radius 3 is 2.62 bits per heavy atom. The first kappa shape index (κ1) is 14.3. The standard InChI is InChI=1S/C15H22N4O2/c1-12-2-5-14(17-16-12)21-11-10-18-6-8-19(9-7-18)15(20)13-3-4-13/h2,5,13H,3-4,6-11H2,1H3. The van der Waals surface area contributed by atoms with Crippen LogP contribution in [0.4, 0.5) is 0 Å². The van der Waals surface area contributed by atoms with Crippen molar-refractivity contribution in [2.45, 2.75) is 19.8 Å². The van der Waals surface area contributed by atoms with Crippen LogP contribution in [0.25, 0.3) is 0 Å². The normalized spacial score (nSPS) is 19.6. The zero-order valence-corrected chi connectivity index (χ0v) is 12.5. The van der Waals surface area contributed by atoms with Crippen LogP contribution < -0.4 is 4.74 Å². The molecule has 1 aromatic heterocycles. The molecule has 2 fully saturated rings. The molecule has 0 aromatic carbocycles. The molecule has 1 amide bonds. The predicted molar refractivity (Wildman–Crippen MR) is 78.0 cm³/mol. The largest absolute Gasteiger partial charge is 0.475 e. The second-order valence-electron chi connectivity index (χ2n) is 5.80. The zero-order valence-electron chi connectivity index (χ0n) is 12.5. The summed E-state index contributed by atoms with van der Waals surface area (Å²) in [5, 5.41) is 7.94. The second-order valence-corrected chi connectivity index (χ2v) is 5.80. The molecular weight excluding hydrogens is 268 g/mol. The number of piperazine rings is 1. The van der Waals surface area contributed by atoms with Gasteiger partial charge in [-0.1, -0.05) is 0 Å². The van der Waals surface area contributed by atoms with Crippen LogP contribution in [0.5, 0.6) is 5.88 Å². The Kier molecular flexibility index (Phi) is 4.34. The quantitative estimate of drug-likeness (QED) is 0.799. The fraction of sp³-hybridized carbons (Fsp3) is 0.667. The molecule has 0 unspecified atom stereocenters. The Hall–Kier alpha value is -1.69. The van der Waals surface area contributed by atoms with E-state index in [0.29, 0.717) is 24.3 Å². The van der Waals surface area contributed by atoms with E-state index in [-0.39, 0.29) is 0 Å². The van der Waals surface area contributed by atoms with Crippen LogP contribution in [0, 0.1) is 12.8 Å². The van der Waals surface area contributed by atoms with Gasteiger partial charge in [0.15, 0.2) is 0 Å². The van der Waals surface area contributed by atoms with Gasteiger partial charge in [-0.2, -0.15) is 5.10 Å². The minimum absolute atomic E-state index is 0.333. The molecule has 114 valence electrons. The smallest absolute Gasteiger partial charge is 0.233 e. The van der Waals surface area contributed by atoms with Gasteiger partial charge in [-0.15, -0.1) is 5.10 Å². The van der Waals surface area contributed by atoms with Crippen LogP contribution in [-0.2, 0) is 4.79 Å². The first-order valence-corrected chi connectivity index (χ1v) is 7.66. The Morgan fingerprint density at radius 2 is 2.00 bits per heavy atom. The lowest BCUT2D eigenvalue weighted by atomic mass is 10.2. The number of hydrogen-bond acceptors (Lipinski definition) is 5. The van der Waals surface area contributed by atoms with Crippen LogP contribution >= 0.6 is 0 Å². The molecule has 1 aromatic rings. The van der Waals surface area contributed by atoms with Gasteiger partial charge in [0, 0.05) is 44.7 Å². The Bertz CT molecular complexity index is 479. The Morgan fingerprint density at radius 1 is 1.24 bits per heavy atom. The van der Waals surface area contributed by atoms with Crippen molar-refractivity contribution in [3.63, 3.8) is 0 Å². The topological polar surface area (TPSA) is 58.6 Å². The summed E-state index contributed by atoms with van der Waals surface area (Å²) in [6.45, 7) is 6.93. The van der Waals surface area contributed by atoms with Crippen LogP contribution in [0.15, 0.2) is 12.1 Å². The maximum absolute atomic E-state index is 12.0. The number of hydrogen-bond donors (Lipinski definition) is 0. The summed E-state index contributed by atoms with van der Waals surface area (Å²) in [4.78, 5) is 16.3. The Labute approximate surface area is 125 Å². The molecule has 2 heterocycles. The Balaban J connectivity index is 1.35. The number of ether oxygens (including phenoxy) is 1. The summed E-state index contributed by atoms with van der Waals surface area (Å²) >= 11 is 0. The monoisotopic (exact) mass is 290 g/mol. The highest BCUT2D eigenvalue weighted by Crippen LogP contribution is 2.31. The third-order valence-corrected chi connectivity index (χ3v) is 4.04. The van der Waals surface area contributed by atoms with Crippen molar-refractivity contribution in [2.24, 2.45) is 5.92 Å². The van der Waals surface area contributed by atoms with Gasteiger partial charge in [0.25, 0.3) is 0 Å². The molecule has 0 N–H and O–H groups in total. The highest BCUT2D eigenvalue weighted by molar-refractivity contribution is 5.81. The van der Waals surface area contributed by atoms with E-state index in [4.69, 9.17) is 4.74 Å². The lowest BCUT2D eigenvalue weighted by molar-refractivity contribution is -0.134. The van der Waals surface area contributed by atoms with Gasteiger partial charge >= 0.3 is 0 Å². The van der Waals surface area contributed by atoms with E-state index in [0.717, 1.165) is 51.3 Å². The fourth-order valence-electron chi connectivity index (χ4n) is 2.52. The van der Waals surface area contributed by atoms with E-state index < -0.39 is 0 Å². The van der Waals surface area contributed by atoms with E-state index >= 15 is 0 Å². The molecule has 0 atom stereocenters. The van der Waals surface area contributed by atoms with Gasteiger partial charge in [0.2, 0.25) is 11.8 Å². The van der Waals surface area contributed by atoms with Crippen LogP contribution in [0.3, 0.4) is 0 Å². The molecule has 21 heavy (non-hydrogen) atoms. The SMILES string of the molecule is Cc1ccc(OCCN2CCN(C(=O)C3CC3)CC2)nn1. The van der Waals surface area contributed by atoms with Crippen molar-refractivity contribution in [2.75, 3.05) is 39.3 Å². The number of aryl methyl sites for hydroxylation is 1. The van der Waals surface area contributed by atoms with E-state index in [9.17, 15) is 4.79 Å². The van der Waals surface area contributed by atoms with E-state index in [1.165, 1.54) is 0 Å². The number of carbonyl (C=O) groups excluding carboxylic acids is 1. The van der Waals surface area contributed by atoms with E-state index in [1.807, 2.05) is 24.0 Å². The molecule has 1 aliphatic carbocycles. The average Bonchev–Trinajstić information content (AvgIpc) is 3.34. The van der Waals surface area contributed by atoms with Gasteiger partial charge in [-0.05, 0) is 25.8 Å². The maximum atomic E-state index is 12.0. The molecule has 0 bridgehead atoms. The highest BCUT2D eigenvalue weighted by Gasteiger charge is 2.34. The number of amides is 1. The lowest BCUT2D eigenvalue weighted by Crippen LogP contribution is -2.50. The van der Waals surface area contributed by atoms with Crippen molar-refractivity contribution < 1.29 is 9.53 Å². The van der Waals surface area contributed by atoms with Crippen molar-refractivity contribution in [1.82, 2.24) is 20.0 Å². The van der Waals surface area contributed by atoms with Gasteiger partial charge in [0.05, 0.1) is 5.69 Å². The summed E-state index contributed by atoms with van der Waals surface area (Å²) in [6.07, 6.45) is 2.18. The van der Waals surface area contributed by atoms with E-state index in [2.05, 4.69) is 15.1 Å². The summed E-state index contributed by atoms with van der Waals surface area (Å²) in [5.74, 6) is 1.27. The van der Waals surface area contributed by atoms with Gasteiger partial charge in [0.1, 0.15) is 6.61 Å². The minimum Gasteiger partial charge on any atom is -0.475 e. The number of rotatable bonds is 5. The molecule has 3 rings (SSSR count). The molecule has 6 nitrogen and oxygen atoms in total. The van der Waals surface area contributed by atoms with Crippen LogP contribution in [0.1, 0.15) is 18.5 Å². The van der Waals surface area contributed by atoms with Gasteiger partial charge in [-0.25, -0.2) is 0 Å². The van der Waals surface area contributed by atoms with Gasteiger partial charge < -0.3 is 9.64 Å². The number of aromatic nitrogens is 2. The fourth-order valence-corrected chi connectivity index (χ4v) is 2.52. The summed E-state index contributed by atoms with van der Waals surface area (Å²) in [5.41, 5.74) is 0.888. The molecule has 1 aliphatic heterocycles. The van der Waals surface area contributed by atoms with Gasteiger partial charge in [-0.3, -0.25) is 9.69 Å². The van der Waals surface area contributed by atoms with Crippen molar-refractivity contribution >= 4 is 5.91 Å².